The zero-order valence-electron chi connectivity index (χ0n) is 8.87. The van der Waals surface area contributed by atoms with Crippen molar-refractivity contribution >= 4 is 28.6 Å². The number of nitrogen functional groups attached to an aromatic ring is 1. The third-order valence-corrected chi connectivity index (χ3v) is 2.53. The molecule has 3 aromatic rings. The van der Waals surface area contributed by atoms with Gasteiger partial charge in [-0.2, -0.15) is 15.1 Å². The van der Waals surface area contributed by atoms with Crippen LogP contribution in [0.1, 0.15) is 0 Å². The Morgan fingerprint density at radius 2 is 2.18 bits per heavy atom. The van der Waals surface area contributed by atoms with Gasteiger partial charge in [-0.05, 0) is 0 Å². The first-order valence-corrected chi connectivity index (χ1v) is 5.18. The Morgan fingerprint density at radius 3 is 2.88 bits per heavy atom. The fraction of sp³-hybridized carbons (Fsp3) is 0.111. The molecule has 0 atom stereocenters. The molecule has 7 nitrogen and oxygen atoms in total. The lowest BCUT2D eigenvalue weighted by Gasteiger charge is -2.02. The minimum absolute atomic E-state index is 0.317. The van der Waals surface area contributed by atoms with Crippen molar-refractivity contribution in [1.29, 1.82) is 0 Å². The topological polar surface area (TPSA) is 87.4 Å². The zero-order chi connectivity index (χ0) is 12.0. The summed E-state index contributed by atoms with van der Waals surface area (Å²) < 4.78 is 3.23. The molecule has 0 saturated carbocycles. The Balaban J connectivity index is 2.27. The van der Waals surface area contributed by atoms with Crippen LogP contribution in [0.4, 0.5) is 5.82 Å². The smallest absolute Gasteiger partial charge is 0.254 e. The first kappa shape index (κ1) is 10.0. The van der Waals surface area contributed by atoms with Crippen molar-refractivity contribution in [2.45, 2.75) is 0 Å². The Kier molecular flexibility index (Phi) is 2.02. The van der Waals surface area contributed by atoms with Crippen molar-refractivity contribution in [3.63, 3.8) is 0 Å². The van der Waals surface area contributed by atoms with E-state index in [1.54, 1.807) is 17.1 Å². The van der Waals surface area contributed by atoms with Crippen LogP contribution < -0.4 is 5.73 Å². The zero-order valence-corrected chi connectivity index (χ0v) is 9.63. The monoisotopic (exact) mass is 249 g/mol. The van der Waals surface area contributed by atoms with Crippen molar-refractivity contribution in [2.24, 2.45) is 7.05 Å². The van der Waals surface area contributed by atoms with Gasteiger partial charge in [0.05, 0.1) is 23.7 Å². The molecule has 0 spiro atoms. The second kappa shape index (κ2) is 3.42. The lowest BCUT2D eigenvalue weighted by molar-refractivity contribution is 0.809. The SMILES string of the molecule is Cn1cnc2c(N)nc(-n3cc(Cl)cn3)nc21. The molecule has 0 unspecified atom stereocenters. The average Bonchev–Trinajstić information content (AvgIpc) is 2.87. The van der Waals surface area contributed by atoms with Crippen LogP contribution in [0.25, 0.3) is 17.1 Å². The summed E-state index contributed by atoms with van der Waals surface area (Å²) >= 11 is 5.79. The van der Waals surface area contributed by atoms with Gasteiger partial charge in [-0.3, -0.25) is 0 Å². The number of rotatable bonds is 1. The van der Waals surface area contributed by atoms with E-state index in [2.05, 4.69) is 20.1 Å². The van der Waals surface area contributed by atoms with Crippen LogP contribution in [0.2, 0.25) is 5.02 Å². The van der Waals surface area contributed by atoms with Crippen molar-refractivity contribution in [3.8, 4) is 5.95 Å². The van der Waals surface area contributed by atoms with Gasteiger partial charge in [-0.15, -0.1) is 0 Å². The highest BCUT2D eigenvalue weighted by molar-refractivity contribution is 6.30. The summed E-state index contributed by atoms with van der Waals surface area (Å²) in [6.45, 7) is 0. The molecule has 2 N–H and O–H groups in total. The van der Waals surface area contributed by atoms with Gasteiger partial charge < -0.3 is 10.3 Å². The molecule has 17 heavy (non-hydrogen) atoms. The van der Waals surface area contributed by atoms with Crippen LogP contribution in [-0.2, 0) is 7.05 Å². The van der Waals surface area contributed by atoms with Crippen molar-refractivity contribution in [2.75, 3.05) is 5.73 Å². The lowest BCUT2D eigenvalue weighted by atomic mass is 10.5. The number of hydrogen-bond donors (Lipinski definition) is 1. The van der Waals surface area contributed by atoms with E-state index in [0.29, 0.717) is 28.0 Å². The highest BCUT2D eigenvalue weighted by Gasteiger charge is 2.11. The van der Waals surface area contributed by atoms with Gasteiger partial charge in [0, 0.05) is 7.05 Å². The van der Waals surface area contributed by atoms with Crippen LogP contribution in [0.5, 0.6) is 0 Å². The first-order valence-electron chi connectivity index (χ1n) is 4.80. The van der Waals surface area contributed by atoms with Gasteiger partial charge >= 0.3 is 0 Å². The number of aryl methyl sites for hydroxylation is 1. The number of nitrogens with two attached hydrogens (primary N) is 1. The summed E-state index contributed by atoms with van der Waals surface area (Å²) in [7, 11) is 1.83. The number of imidazole rings is 1. The fourth-order valence-electron chi connectivity index (χ4n) is 1.53. The molecule has 3 aromatic heterocycles. The van der Waals surface area contributed by atoms with Gasteiger partial charge in [0.2, 0.25) is 0 Å². The Labute approximate surface area is 101 Å². The van der Waals surface area contributed by atoms with Crippen LogP contribution in [0.3, 0.4) is 0 Å². The second-order valence-corrected chi connectivity index (χ2v) is 3.98. The lowest BCUT2D eigenvalue weighted by Crippen LogP contribution is -2.05. The standard InChI is InChI=1S/C9H8ClN7/c1-16-4-12-6-7(11)14-9(15-8(6)16)17-3-5(10)2-13-17/h2-4H,1H3,(H2,11,14,15). The van der Waals surface area contributed by atoms with E-state index in [1.165, 1.54) is 10.9 Å². The molecular formula is C9H8ClN7. The summed E-state index contributed by atoms with van der Waals surface area (Å²) in [6.07, 6.45) is 4.75. The molecule has 8 heteroatoms. The van der Waals surface area contributed by atoms with E-state index in [-0.39, 0.29) is 0 Å². The van der Waals surface area contributed by atoms with Crippen molar-refractivity contribution in [1.82, 2.24) is 29.3 Å². The van der Waals surface area contributed by atoms with E-state index in [0.717, 1.165) is 0 Å². The maximum atomic E-state index is 5.81. The summed E-state index contributed by atoms with van der Waals surface area (Å²) in [6, 6.07) is 0. The molecule has 3 heterocycles. The second-order valence-electron chi connectivity index (χ2n) is 3.54. The van der Waals surface area contributed by atoms with E-state index in [1.807, 2.05) is 7.05 Å². The van der Waals surface area contributed by atoms with E-state index >= 15 is 0 Å². The van der Waals surface area contributed by atoms with Gasteiger partial charge in [0.1, 0.15) is 5.52 Å². The molecule has 0 saturated heterocycles. The highest BCUT2D eigenvalue weighted by atomic mass is 35.5. The van der Waals surface area contributed by atoms with Crippen LogP contribution >= 0.6 is 11.6 Å². The molecule has 0 aliphatic carbocycles. The minimum atomic E-state index is 0.317. The molecule has 0 aliphatic rings. The number of halogens is 1. The average molecular weight is 250 g/mol. The number of aromatic nitrogens is 6. The van der Waals surface area contributed by atoms with Crippen LogP contribution in [0, 0.1) is 0 Å². The maximum absolute atomic E-state index is 5.81. The molecule has 0 bridgehead atoms. The van der Waals surface area contributed by atoms with Gasteiger partial charge in [-0.1, -0.05) is 11.6 Å². The van der Waals surface area contributed by atoms with Crippen molar-refractivity contribution in [3.05, 3.63) is 23.7 Å². The van der Waals surface area contributed by atoms with Gasteiger partial charge in [0.25, 0.3) is 5.95 Å². The number of fused-ring (bicyclic) bond motifs is 1. The molecule has 0 aromatic carbocycles. The molecular weight excluding hydrogens is 242 g/mol. The Hall–Kier alpha value is -2.15. The number of anilines is 1. The first-order chi connectivity index (χ1) is 8.15. The minimum Gasteiger partial charge on any atom is -0.382 e. The molecule has 86 valence electrons. The number of hydrogen-bond acceptors (Lipinski definition) is 5. The summed E-state index contributed by atoms with van der Waals surface area (Å²) in [5, 5.41) is 4.53. The molecule has 3 rings (SSSR count). The third-order valence-electron chi connectivity index (χ3n) is 2.33. The predicted molar refractivity (Wildman–Crippen MR) is 62.8 cm³/mol. The van der Waals surface area contributed by atoms with Gasteiger partial charge in [-0.25, -0.2) is 9.67 Å². The Bertz CT molecular complexity index is 699. The Morgan fingerprint density at radius 1 is 1.35 bits per heavy atom. The van der Waals surface area contributed by atoms with Crippen LogP contribution in [-0.4, -0.2) is 29.3 Å². The number of nitrogens with zero attached hydrogens (tertiary/aromatic N) is 6. The largest absolute Gasteiger partial charge is 0.382 e. The quantitative estimate of drug-likeness (QED) is 0.689. The normalized spacial score (nSPS) is 11.2. The molecule has 0 fully saturated rings. The van der Waals surface area contributed by atoms with Crippen LogP contribution in [0.15, 0.2) is 18.7 Å². The van der Waals surface area contributed by atoms with Gasteiger partial charge in [0.15, 0.2) is 11.5 Å². The summed E-state index contributed by atoms with van der Waals surface area (Å²) in [5.74, 6) is 0.683. The molecule has 0 amide bonds. The van der Waals surface area contributed by atoms with E-state index in [4.69, 9.17) is 17.3 Å². The molecule has 0 aliphatic heterocycles. The van der Waals surface area contributed by atoms with E-state index in [9.17, 15) is 0 Å². The van der Waals surface area contributed by atoms with E-state index < -0.39 is 0 Å². The third kappa shape index (κ3) is 1.51. The molecule has 0 radical (unpaired) electrons. The maximum Gasteiger partial charge on any atom is 0.254 e. The highest BCUT2D eigenvalue weighted by Crippen LogP contribution is 2.17. The summed E-state index contributed by atoms with van der Waals surface area (Å²) in [4.78, 5) is 12.6. The van der Waals surface area contributed by atoms with Crippen molar-refractivity contribution < 1.29 is 0 Å². The fourth-order valence-corrected chi connectivity index (χ4v) is 1.67. The summed E-state index contributed by atoms with van der Waals surface area (Å²) in [5.41, 5.74) is 7.04. The predicted octanol–water partition coefficient (Wildman–Crippen LogP) is 0.785.